The molecule has 0 bridgehead atoms. The van der Waals surface area contributed by atoms with Crippen LogP contribution < -0.4 is 4.74 Å². The van der Waals surface area contributed by atoms with E-state index in [9.17, 15) is 5.11 Å². The standard InChI is InChI=1S/C25H31NO2S/c1-18(2)25-23(22-11-8-20(27)17-24(22)29-25)16-19-6-9-21(10-7-19)28-15-14-26-12-4-3-5-13-26/h6-11,17-18,27H,3-5,12-16H2,1-2H3. The maximum absolute atomic E-state index is 9.83. The summed E-state index contributed by atoms with van der Waals surface area (Å²) in [6, 6.07) is 14.3. The first-order valence-electron chi connectivity index (χ1n) is 10.8. The Labute approximate surface area is 177 Å². The third-order valence-corrected chi connectivity index (χ3v) is 7.26. The molecule has 0 unspecified atom stereocenters. The normalized spacial score (nSPS) is 15.3. The maximum Gasteiger partial charge on any atom is 0.119 e. The van der Waals surface area contributed by atoms with Gasteiger partial charge in [-0.2, -0.15) is 0 Å². The van der Waals surface area contributed by atoms with Gasteiger partial charge in [0.25, 0.3) is 0 Å². The number of hydrogen-bond acceptors (Lipinski definition) is 4. The number of phenols is 1. The van der Waals surface area contributed by atoms with Crippen molar-refractivity contribution in [2.75, 3.05) is 26.2 Å². The van der Waals surface area contributed by atoms with Crippen LogP contribution in [0, 0.1) is 0 Å². The molecule has 2 aromatic carbocycles. The van der Waals surface area contributed by atoms with E-state index in [2.05, 4.69) is 49.1 Å². The van der Waals surface area contributed by atoms with Gasteiger partial charge in [-0.05, 0) is 85.1 Å². The highest BCUT2D eigenvalue weighted by Crippen LogP contribution is 2.38. The van der Waals surface area contributed by atoms with E-state index in [0.717, 1.165) is 25.3 Å². The number of hydrogen-bond donors (Lipinski definition) is 1. The number of benzene rings is 2. The van der Waals surface area contributed by atoms with Crippen LogP contribution in [0.3, 0.4) is 0 Å². The second-order valence-electron chi connectivity index (χ2n) is 8.35. The fraction of sp³-hybridized carbons (Fsp3) is 0.440. The summed E-state index contributed by atoms with van der Waals surface area (Å²) >= 11 is 1.80. The largest absolute Gasteiger partial charge is 0.508 e. The number of likely N-dealkylation sites (tertiary alicyclic amines) is 1. The van der Waals surface area contributed by atoms with E-state index in [1.165, 1.54) is 58.4 Å². The minimum Gasteiger partial charge on any atom is -0.508 e. The van der Waals surface area contributed by atoms with Gasteiger partial charge in [0.15, 0.2) is 0 Å². The molecule has 3 aromatic rings. The van der Waals surface area contributed by atoms with Crippen LogP contribution in [0.4, 0.5) is 0 Å². The van der Waals surface area contributed by atoms with Crippen molar-refractivity contribution in [3.63, 3.8) is 0 Å². The molecule has 154 valence electrons. The lowest BCUT2D eigenvalue weighted by molar-refractivity contribution is 0.183. The second-order valence-corrected chi connectivity index (χ2v) is 9.44. The van der Waals surface area contributed by atoms with Gasteiger partial charge in [-0.1, -0.05) is 32.4 Å². The van der Waals surface area contributed by atoms with Gasteiger partial charge in [0.05, 0.1) is 0 Å². The molecule has 29 heavy (non-hydrogen) atoms. The highest BCUT2D eigenvalue weighted by Gasteiger charge is 2.16. The van der Waals surface area contributed by atoms with Gasteiger partial charge in [0.1, 0.15) is 18.1 Å². The lowest BCUT2D eigenvalue weighted by atomic mass is 9.98. The summed E-state index contributed by atoms with van der Waals surface area (Å²) in [5, 5.41) is 11.1. The molecule has 1 aliphatic rings. The number of rotatable bonds is 7. The molecular formula is C25H31NO2S. The molecule has 0 atom stereocenters. The Kier molecular flexibility index (Phi) is 6.41. The molecule has 1 fully saturated rings. The number of thiophene rings is 1. The Hall–Kier alpha value is -2.04. The molecule has 0 amide bonds. The SMILES string of the molecule is CC(C)c1sc2cc(O)ccc2c1Cc1ccc(OCCN2CCCCC2)cc1. The summed E-state index contributed by atoms with van der Waals surface area (Å²) < 4.78 is 7.14. The minimum atomic E-state index is 0.340. The van der Waals surface area contributed by atoms with Crippen molar-refractivity contribution >= 4 is 21.4 Å². The molecule has 1 aromatic heterocycles. The quantitative estimate of drug-likeness (QED) is 0.505. The lowest BCUT2D eigenvalue weighted by Crippen LogP contribution is -2.33. The molecule has 1 aliphatic heterocycles. The van der Waals surface area contributed by atoms with Crippen molar-refractivity contribution in [2.45, 2.75) is 45.4 Å². The first-order chi connectivity index (χ1) is 14.1. The van der Waals surface area contributed by atoms with Gasteiger partial charge in [-0.25, -0.2) is 0 Å². The molecule has 1 saturated heterocycles. The molecule has 2 heterocycles. The summed E-state index contributed by atoms with van der Waals surface area (Å²) in [6.45, 7) is 8.70. The zero-order valence-corrected chi connectivity index (χ0v) is 18.3. The van der Waals surface area contributed by atoms with Crippen LogP contribution in [0.5, 0.6) is 11.5 Å². The number of piperidine rings is 1. The highest BCUT2D eigenvalue weighted by atomic mass is 32.1. The number of nitrogens with zero attached hydrogens (tertiary/aromatic N) is 1. The number of phenolic OH excluding ortho intramolecular Hbond substituents is 1. The monoisotopic (exact) mass is 409 g/mol. The van der Waals surface area contributed by atoms with Gasteiger partial charge in [-0.15, -0.1) is 11.3 Å². The Morgan fingerprint density at radius 2 is 1.79 bits per heavy atom. The fourth-order valence-corrected chi connectivity index (χ4v) is 5.45. The van der Waals surface area contributed by atoms with Gasteiger partial charge >= 0.3 is 0 Å². The van der Waals surface area contributed by atoms with E-state index in [0.29, 0.717) is 11.7 Å². The smallest absolute Gasteiger partial charge is 0.119 e. The number of ether oxygens (including phenoxy) is 1. The first kappa shape index (κ1) is 20.2. The van der Waals surface area contributed by atoms with Crippen LogP contribution in [0.15, 0.2) is 42.5 Å². The van der Waals surface area contributed by atoms with E-state index in [1.54, 1.807) is 17.4 Å². The topological polar surface area (TPSA) is 32.7 Å². The van der Waals surface area contributed by atoms with Crippen molar-refractivity contribution in [3.05, 3.63) is 58.5 Å². The Morgan fingerprint density at radius 3 is 2.52 bits per heavy atom. The van der Waals surface area contributed by atoms with Crippen molar-refractivity contribution < 1.29 is 9.84 Å². The van der Waals surface area contributed by atoms with Crippen molar-refractivity contribution in [2.24, 2.45) is 0 Å². The summed E-state index contributed by atoms with van der Waals surface area (Å²) in [6.07, 6.45) is 4.93. The zero-order valence-electron chi connectivity index (χ0n) is 17.5. The van der Waals surface area contributed by atoms with Gasteiger partial charge in [-0.3, -0.25) is 4.90 Å². The Bertz CT molecular complexity index is 939. The van der Waals surface area contributed by atoms with E-state index < -0.39 is 0 Å². The number of aromatic hydroxyl groups is 1. The molecular weight excluding hydrogens is 378 g/mol. The average molecular weight is 410 g/mol. The minimum absolute atomic E-state index is 0.340. The molecule has 0 aliphatic carbocycles. The first-order valence-corrected chi connectivity index (χ1v) is 11.6. The molecule has 0 saturated carbocycles. The van der Waals surface area contributed by atoms with Crippen molar-refractivity contribution in [3.8, 4) is 11.5 Å². The fourth-order valence-electron chi connectivity index (χ4n) is 4.19. The van der Waals surface area contributed by atoms with Crippen LogP contribution in [-0.2, 0) is 6.42 Å². The predicted octanol–water partition coefficient (Wildman–Crippen LogP) is 6.19. The highest BCUT2D eigenvalue weighted by molar-refractivity contribution is 7.19. The average Bonchev–Trinajstić information content (AvgIpc) is 3.08. The van der Waals surface area contributed by atoms with Crippen LogP contribution in [0.1, 0.15) is 55.0 Å². The maximum atomic E-state index is 9.83. The van der Waals surface area contributed by atoms with Crippen LogP contribution in [-0.4, -0.2) is 36.2 Å². The van der Waals surface area contributed by atoms with Crippen LogP contribution in [0.2, 0.25) is 0 Å². The van der Waals surface area contributed by atoms with Crippen molar-refractivity contribution in [1.82, 2.24) is 4.90 Å². The molecule has 4 rings (SSSR count). The molecule has 0 spiro atoms. The zero-order chi connectivity index (χ0) is 20.2. The van der Waals surface area contributed by atoms with Crippen LogP contribution >= 0.6 is 11.3 Å². The Morgan fingerprint density at radius 1 is 1.03 bits per heavy atom. The number of fused-ring (bicyclic) bond motifs is 1. The van der Waals surface area contributed by atoms with E-state index in [-0.39, 0.29) is 0 Å². The van der Waals surface area contributed by atoms with Crippen molar-refractivity contribution in [1.29, 1.82) is 0 Å². The lowest BCUT2D eigenvalue weighted by Gasteiger charge is -2.26. The van der Waals surface area contributed by atoms with E-state index >= 15 is 0 Å². The van der Waals surface area contributed by atoms with Gasteiger partial charge in [0, 0.05) is 16.1 Å². The molecule has 4 heteroatoms. The summed E-state index contributed by atoms with van der Waals surface area (Å²) in [5.41, 5.74) is 2.68. The van der Waals surface area contributed by atoms with Crippen LogP contribution in [0.25, 0.3) is 10.1 Å². The Balaban J connectivity index is 1.42. The van der Waals surface area contributed by atoms with Gasteiger partial charge < -0.3 is 9.84 Å². The van der Waals surface area contributed by atoms with Gasteiger partial charge in [0.2, 0.25) is 0 Å². The third kappa shape index (κ3) is 4.93. The van der Waals surface area contributed by atoms with E-state index in [1.807, 2.05) is 6.07 Å². The predicted molar refractivity (Wildman–Crippen MR) is 123 cm³/mol. The van der Waals surface area contributed by atoms with E-state index in [4.69, 9.17) is 4.74 Å². The summed E-state index contributed by atoms with van der Waals surface area (Å²) in [4.78, 5) is 3.91. The summed E-state index contributed by atoms with van der Waals surface area (Å²) in [7, 11) is 0. The molecule has 3 nitrogen and oxygen atoms in total. The molecule has 0 radical (unpaired) electrons. The summed E-state index contributed by atoms with van der Waals surface area (Å²) in [5.74, 6) is 1.77. The third-order valence-electron chi connectivity index (χ3n) is 5.76. The molecule has 1 N–H and O–H groups in total. The second kappa shape index (κ2) is 9.19.